The van der Waals surface area contributed by atoms with Gasteiger partial charge in [0.05, 0.1) is 21.5 Å². The van der Waals surface area contributed by atoms with Crippen molar-refractivity contribution < 1.29 is 16.8 Å². The molecular formula is C13H20O4S2. The topological polar surface area (TPSA) is 68.3 Å². The zero-order chi connectivity index (χ0) is 13.9. The quantitative estimate of drug-likeness (QED) is 0.735. The van der Waals surface area contributed by atoms with E-state index in [-0.39, 0.29) is 23.3 Å². The molecule has 2 bridgehead atoms. The number of rotatable bonds is 4. The van der Waals surface area contributed by atoms with Crippen LogP contribution in [0.2, 0.25) is 0 Å². The van der Waals surface area contributed by atoms with Crippen LogP contribution in [0.15, 0.2) is 12.2 Å². The van der Waals surface area contributed by atoms with Crippen LogP contribution in [0.5, 0.6) is 0 Å². The van der Waals surface area contributed by atoms with E-state index in [1.54, 1.807) is 0 Å². The predicted octanol–water partition coefficient (Wildman–Crippen LogP) is 1.33. The summed E-state index contributed by atoms with van der Waals surface area (Å²) < 4.78 is 49.1. The van der Waals surface area contributed by atoms with Gasteiger partial charge in [-0.2, -0.15) is 0 Å². The number of hydrogen-bond acceptors (Lipinski definition) is 4. The molecule has 2 aliphatic carbocycles. The summed E-state index contributed by atoms with van der Waals surface area (Å²) in [6.07, 6.45) is 6.32. The number of unbranched alkanes of at least 4 members (excludes halogenated alkanes) is 1. The van der Waals surface area contributed by atoms with Crippen LogP contribution in [-0.4, -0.2) is 38.3 Å². The molecule has 3 rings (SSSR count). The van der Waals surface area contributed by atoms with Crippen molar-refractivity contribution in [1.82, 2.24) is 0 Å². The third kappa shape index (κ3) is 1.62. The van der Waals surface area contributed by atoms with E-state index in [0.717, 1.165) is 6.42 Å². The van der Waals surface area contributed by atoms with Crippen molar-refractivity contribution in [2.75, 3.05) is 11.5 Å². The average molecular weight is 304 g/mol. The van der Waals surface area contributed by atoms with Crippen molar-refractivity contribution in [3.8, 4) is 0 Å². The molecule has 2 fully saturated rings. The maximum atomic E-state index is 12.8. The lowest BCUT2D eigenvalue weighted by molar-refractivity contribution is 0.454. The first-order valence-electron chi connectivity index (χ1n) is 6.97. The molecule has 0 aromatic heterocycles. The Kier molecular flexibility index (Phi) is 2.92. The van der Waals surface area contributed by atoms with Gasteiger partial charge in [0.25, 0.3) is 0 Å². The van der Waals surface area contributed by atoms with E-state index in [1.165, 1.54) is 0 Å². The lowest BCUT2D eigenvalue weighted by Crippen LogP contribution is -2.51. The normalized spacial score (nSPS) is 42.7. The molecule has 6 heteroatoms. The van der Waals surface area contributed by atoms with E-state index in [2.05, 4.69) is 0 Å². The van der Waals surface area contributed by atoms with Crippen LogP contribution in [-0.2, 0) is 19.7 Å². The average Bonchev–Trinajstić information content (AvgIpc) is 2.98. The number of allylic oxidation sites excluding steroid dienone is 2. The molecule has 108 valence electrons. The van der Waals surface area contributed by atoms with Gasteiger partial charge in [0.1, 0.15) is 0 Å². The summed E-state index contributed by atoms with van der Waals surface area (Å²) in [5.41, 5.74) is 0. The molecule has 0 amide bonds. The van der Waals surface area contributed by atoms with Crippen LogP contribution in [0.1, 0.15) is 32.6 Å². The molecule has 0 unspecified atom stereocenters. The maximum Gasteiger partial charge on any atom is 0.157 e. The minimum Gasteiger partial charge on any atom is -0.228 e. The molecular weight excluding hydrogens is 284 g/mol. The third-order valence-corrected chi connectivity index (χ3v) is 10.3. The summed E-state index contributed by atoms with van der Waals surface area (Å²) in [5, 5.41) is -0.670. The fraction of sp³-hybridized carbons (Fsp3) is 0.846. The third-order valence-electron chi connectivity index (χ3n) is 5.12. The lowest BCUT2D eigenvalue weighted by atomic mass is 9.90. The highest BCUT2D eigenvalue weighted by atomic mass is 32.2. The van der Waals surface area contributed by atoms with Crippen LogP contribution < -0.4 is 0 Å². The minimum absolute atomic E-state index is 0.0394. The molecule has 0 N–H and O–H groups in total. The van der Waals surface area contributed by atoms with E-state index in [0.29, 0.717) is 19.3 Å². The van der Waals surface area contributed by atoms with Gasteiger partial charge < -0.3 is 0 Å². The SMILES string of the molecule is CCCCS(=O)(=O)[C@@]12CCS(=O)(=O)[C@@H]1[C@@H]1C=C[C@H]2C1. The Bertz CT molecular complexity index is 617. The summed E-state index contributed by atoms with van der Waals surface area (Å²) >= 11 is 0. The highest BCUT2D eigenvalue weighted by Gasteiger charge is 2.69. The Morgan fingerprint density at radius 3 is 2.74 bits per heavy atom. The highest BCUT2D eigenvalue weighted by Crippen LogP contribution is 2.58. The molecule has 0 spiro atoms. The Morgan fingerprint density at radius 1 is 1.32 bits per heavy atom. The van der Waals surface area contributed by atoms with E-state index in [1.807, 2.05) is 19.1 Å². The van der Waals surface area contributed by atoms with Crippen LogP contribution in [0, 0.1) is 11.8 Å². The zero-order valence-corrected chi connectivity index (χ0v) is 12.7. The van der Waals surface area contributed by atoms with E-state index in [9.17, 15) is 16.8 Å². The number of fused-ring (bicyclic) bond motifs is 5. The Balaban J connectivity index is 2.10. The van der Waals surface area contributed by atoms with Crippen LogP contribution >= 0.6 is 0 Å². The van der Waals surface area contributed by atoms with Gasteiger partial charge in [-0.15, -0.1) is 0 Å². The van der Waals surface area contributed by atoms with Gasteiger partial charge in [-0.3, -0.25) is 0 Å². The zero-order valence-electron chi connectivity index (χ0n) is 11.1. The molecule has 1 heterocycles. The molecule has 1 saturated heterocycles. The van der Waals surface area contributed by atoms with E-state index >= 15 is 0 Å². The van der Waals surface area contributed by atoms with Crippen molar-refractivity contribution in [2.45, 2.75) is 42.6 Å². The molecule has 4 nitrogen and oxygen atoms in total. The summed E-state index contributed by atoms with van der Waals surface area (Å²) in [7, 11) is -6.60. The highest BCUT2D eigenvalue weighted by molar-refractivity contribution is 7.97. The van der Waals surface area contributed by atoms with Crippen LogP contribution in [0.4, 0.5) is 0 Å². The molecule has 3 aliphatic rings. The van der Waals surface area contributed by atoms with E-state index in [4.69, 9.17) is 0 Å². The van der Waals surface area contributed by atoms with Crippen molar-refractivity contribution in [3.63, 3.8) is 0 Å². The van der Waals surface area contributed by atoms with Crippen LogP contribution in [0.25, 0.3) is 0 Å². The van der Waals surface area contributed by atoms with Crippen LogP contribution in [0.3, 0.4) is 0 Å². The molecule has 1 saturated carbocycles. The molecule has 0 aromatic carbocycles. The van der Waals surface area contributed by atoms with E-state index < -0.39 is 29.7 Å². The largest absolute Gasteiger partial charge is 0.228 e. The molecule has 0 radical (unpaired) electrons. The van der Waals surface area contributed by atoms with Gasteiger partial charge in [0.2, 0.25) is 0 Å². The van der Waals surface area contributed by atoms with Gasteiger partial charge in [-0.1, -0.05) is 25.5 Å². The van der Waals surface area contributed by atoms with Gasteiger partial charge in [0, 0.05) is 0 Å². The lowest BCUT2D eigenvalue weighted by Gasteiger charge is -2.35. The first-order valence-corrected chi connectivity index (χ1v) is 10.3. The molecule has 1 aliphatic heterocycles. The Hall–Kier alpha value is -0.360. The number of hydrogen-bond donors (Lipinski definition) is 0. The number of sulfone groups is 2. The first kappa shape index (κ1) is 13.6. The Morgan fingerprint density at radius 2 is 2.05 bits per heavy atom. The van der Waals surface area contributed by atoms with Crippen molar-refractivity contribution >= 4 is 19.7 Å². The van der Waals surface area contributed by atoms with Crippen molar-refractivity contribution in [3.05, 3.63) is 12.2 Å². The van der Waals surface area contributed by atoms with Gasteiger partial charge in [0.15, 0.2) is 19.7 Å². The summed E-state index contributed by atoms with van der Waals surface area (Å²) in [6.45, 7) is 1.96. The van der Waals surface area contributed by atoms with Gasteiger partial charge >= 0.3 is 0 Å². The predicted molar refractivity (Wildman–Crippen MR) is 74.4 cm³/mol. The smallest absolute Gasteiger partial charge is 0.157 e. The Labute approximate surface area is 115 Å². The first-order chi connectivity index (χ1) is 8.85. The monoisotopic (exact) mass is 304 g/mol. The fourth-order valence-corrected chi connectivity index (χ4v) is 10.4. The fourth-order valence-electron chi connectivity index (χ4n) is 4.30. The molecule has 4 atom stereocenters. The summed E-state index contributed by atoms with van der Waals surface area (Å²) in [6, 6.07) is 0. The second kappa shape index (κ2) is 4.07. The second-order valence-electron chi connectivity index (χ2n) is 6.06. The minimum atomic E-state index is -3.35. The maximum absolute atomic E-state index is 12.8. The standard InChI is InChI=1S/C13H20O4S2/c1-2-3-7-19(16,17)13-6-8-18(14,15)12(13)10-4-5-11(13)9-10/h4-5,10-12H,2-3,6-9H2,1H3/t10-,11+,12-,13-/m1/s1. The summed E-state index contributed by atoms with van der Waals surface area (Å²) in [5.74, 6) is 0.0140. The molecule has 0 aromatic rings. The molecule has 19 heavy (non-hydrogen) atoms. The summed E-state index contributed by atoms with van der Waals surface area (Å²) in [4.78, 5) is 0. The van der Waals surface area contributed by atoms with Crippen molar-refractivity contribution in [2.24, 2.45) is 11.8 Å². The van der Waals surface area contributed by atoms with Gasteiger partial charge in [-0.25, -0.2) is 16.8 Å². The van der Waals surface area contributed by atoms with Gasteiger partial charge in [-0.05, 0) is 31.1 Å². The second-order valence-corrected chi connectivity index (χ2v) is 10.7. The van der Waals surface area contributed by atoms with Crippen molar-refractivity contribution in [1.29, 1.82) is 0 Å².